The lowest BCUT2D eigenvalue weighted by Gasteiger charge is -2.35. The van der Waals surface area contributed by atoms with E-state index < -0.39 is 0 Å². The molecule has 112 valence electrons. The topological polar surface area (TPSA) is 67.9 Å². The summed E-state index contributed by atoms with van der Waals surface area (Å²) in [6.07, 6.45) is 5.37. The summed E-state index contributed by atoms with van der Waals surface area (Å²) in [5.41, 5.74) is 7.78. The lowest BCUT2D eigenvalue weighted by atomic mass is 10.0. The first kappa shape index (κ1) is 14.4. The fourth-order valence-electron chi connectivity index (χ4n) is 2.89. The summed E-state index contributed by atoms with van der Waals surface area (Å²) in [4.78, 5) is 17.2. The first-order chi connectivity index (χ1) is 10.2. The van der Waals surface area contributed by atoms with Crippen LogP contribution in [0.1, 0.15) is 29.1 Å². The molecular formula is C15H21N5S. The Kier molecular flexibility index (Phi) is 4.17. The minimum atomic E-state index is 0.354. The lowest BCUT2D eigenvalue weighted by molar-refractivity contribution is 0.458. The van der Waals surface area contributed by atoms with Gasteiger partial charge in [0.25, 0.3) is 0 Å². The number of nitrogens with two attached hydrogens (primary N) is 1. The van der Waals surface area contributed by atoms with Crippen molar-refractivity contribution in [1.29, 1.82) is 0 Å². The van der Waals surface area contributed by atoms with Gasteiger partial charge >= 0.3 is 0 Å². The Morgan fingerprint density at radius 3 is 2.90 bits per heavy atom. The third-order valence-electron chi connectivity index (χ3n) is 3.95. The van der Waals surface area contributed by atoms with Gasteiger partial charge in [-0.1, -0.05) is 0 Å². The molecule has 21 heavy (non-hydrogen) atoms. The van der Waals surface area contributed by atoms with Crippen LogP contribution in [0.5, 0.6) is 0 Å². The summed E-state index contributed by atoms with van der Waals surface area (Å²) in [6, 6.07) is 2.29. The summed E-state index contributed by atoms with van der Waals surface area (Å²) >= 11 is 1.71. The van der Waals surface area contributed by atoms with Crippen LogP contribution in [0.4, 0.5) is 5.95 Å². The number of aromatic nitrogens is 3. The highest BCUT2D eigenvalue weighted by Crippen LogP contribution is 2.28. The molecule has 0 spiro atoms. The van der Waals surface area contributed by atoms with Gasteiger partial charge in [0, 0.05) is 30.2 Å². The molecule has 3 heterocycles. The summed E-state index contributed by atoms with van der Waals surface area (Å²) < 4.78 is 0. The van der Waals surface area contributed by atoms with Gasteiger partial charge in [-0.2, -0.15) is 0 Å². The van der Waals surface area contributed by atoms with Gasteiger partial charge in [0.05, 0.1) is 10.7 Å². The molecule has 2 aromatic rings. The molecule has 0 amide bonds. The van der Waals surface area contributed by atoms with Gasteiger partial charge in [0.1, 0.15) is 5.69 Å². The third kappa shape index (κ3) is 2.91. The molecule has 0 aromatic carbocycles. The van der Waals surface area contributed by atoms with Crippen LogP contribution in [0, 0.1) is 13.8 Å². The average Bonchev–Trinajstić information content (AvgIpc) is 2.86. The standard InChI is InChI=1S/C15H21N5S/c1-10-14(18-11(2)21-10)13-6-7-17-15(19-13)20-8-4-3-5-12(20)9-16/h6-7,12H,3-5,8-9,16H2,1-2H3. The zero-order valence-corrected chi connectivity index (χ0v) is 13.4. The van der Waals surface area contributed by atoms with E-state index in [1.54, 1.807) is 11.3 Å². The summed E-state index contributed by atoms with van der Waals surface area (Å²) in [6.45, 7) is 5.76. The van der Waals surface area contributed by atoms with E-state index in [1.165, 1.54) is 17.7 Å². The Hall–Kier alpha value is -1.53. The molecule has 6 heteroatoms. The smallest absolute Gasteiger partial charge is 0.226 e. The van der Waals surface area contributed by atoms with Crippen LogP contribution in [0.25, 0.3) is 11.4 Å². The minimum absolute atomic E-state index is 0.354. The second-order valence-corrected chi connectivity index (χ2v) is 6.87. The van der Waals surface area contributed by atoms with Crippen molar-refractivity contribution in [1.82, 2.24) is 15.0 Å². The maximum Gasteiger partial charge on any atom is 0.226 e. The van der Waals surface area contributed by atoms with Crippen molar-refractivity contribution >= 4 is 17.3 Å². The zero-order valence-electron chi connectivity index (χ0n) is 12.5. The molecule has 2 N–H and O–H groups in total. The Balaban J connectivity index is 1.94. The summed E-state index contributed by atoms with van der Waals surface area (Å²) in [5, 5.41) is 1.07. The first-order valence-corrected chi connectivity index (χ1v) is 8.25. The first-order valence-electron chi connectivity index (χ1n) is 7.43. The van der Waals surface area contributed by atoms with E-state index in [-0.39, 0.29) is 0 Å². The van der Waals surface area contributed by atoms with E-state index in [4.69, 9.17) is 10.7 Å². The molecular weight excluding hydrogens is 282 g/mol. The zero-order chi connectivity index (χ0) is 14.8. The number of rotatable bonds is 3. The van der Waals surface area contributed by atoms with Crippen LogP contribution in [0.3, 0.4) is 0 Å². The fraction of sp³-hybridized carbons (Fsp3) is 0.533. The monoisotopic (exact) mass is 303 g/mol. The number of nitrogens with zero attached hydrogens (tertiary/aromatic N) is 4. The van der Waals surface area contributed by atoms with Crippen molar-refractivity contribution in [2.45, 2.75) is 39.2 Å². The van der Waals surface area contributed by atoms with E-state index in [2.05, 4.69) is 21.8 Å². The van der Waals surface area contributed by atoms with E-state index in [9.17, 15) is 0 Å². The molecule has 5 nitrogen and oxygen atoms in total. The second kappa shape index (κ2) is 6.07. The van der Waals surface area contributed by atoms with Gasteiger partial charge in [-0.05, 0) is 39.2 Å². The number of thiazole rings is 1. The average molecular weight is 303 g/mol. The molecule has 2 aromatic heterocycles. The third-order valence-corrected chi connectivity index (χ3v) is 4.83. The molecule has 1 aliphatic heterocycles. The number of piperidine rings is 1. The van der Waals surface area contributed by atoms with Gasteiger partial charge in [-0.3, -0.25) is 0 Å². The minimum Gasteiger partial charge on any atom is -0.337 e. The molecule has 0 aliphatic carbocycles. The molecule has 0 saturated carbocycles. The van der Waals surface area contributed by atoms with Crippen molar-refractivity contribution in [2.24, 2.45) is 5.73 Å². The van der Waals surface area contributed by atoms with Crippen LogP contribution in [0.15, 0.2) is 12.3 Å². The van der Waals surface area contributed by atoms with Crippen LogP contribution in [0.2, 0.25) is 0 Å². The summed E-state index contributed by atoms with van der Waals surface area (Å²) in [7, 11) is 0. The van der Waals surface area contributed by atoms with E-state index in [1.807, 2.05) is 19.2 Å². The second-order valence-electron chi connectivity index (χ2n) is 5.46. The van der Waals surface area contributed by atoms with Crippen molar-refractivity contribution in [3.8, 4) is 11.4 Å². The molecule has 1 atom stereocenters. The lowest BCUT2D eigenvalue weighted by Crippen LogP contribution is -2.45. The van der Waals surface area contributed by atoms with Crippen LogP contribution < -0.4 is 10.6 Å². The molecule has 0 radical (unpaired) electrons. The Morgan fingerprint density at radius 1 is 1.33 bits per heavy atom. The normalized spacial score (nSPS) is 19.0. The molecule has 1 fully saturated rings. The van der Waals surface area contributed by atoms with E-state index in [0.29, 0.717) is 12.6 Å². The van der Waals surface area contributed by atoms with Crippen LogP contribution in [-0.4, -0.2) is 34.1 Å². The predicted octanol–water partition coefficient (Wildman–Crippen LogP) is 2.53. The van der Waals surface area contributed by atoms with Crippen LogP contribution >= 0.6 is 11.3 Å². The maximum atomic E-state index is 5.90. The highest BCUT2D eigenvalue weighted by Gasteiger charge is 2.23. The maximum absolute atomic E-state index is 5.90. The van der Waals surface area contributed by atoms with Crippen molar-refractivity contribution < 1.29 is 0 Å². The Labute approximate surface area is 129 Å². The molecule has 3 rings (SSSR count). The van der Waals surface area contributed by atoms with Crippen molar-refractivity contribution in [3.63, 3.8) is 0 Å². The van der Waals surface area contributed by atoms with E-state index >= 15 is 0 Å². The van der Waals surface area contributed by atoms with Gasteiger partial charge in [-0.15, -0.1) is 11.3 Å². The van der Waals surface area contributed by atoms with Gasteiger partial charge < -0.3 is 10.6 Å². The van der Waals surface area contributed by atoms with Crippen molar-refractivity contribution in [2.75, 3.05) is 18.0 Å². The molecule has 1 unspecified atom stereocenters. The predicted molar refractivity (Wildman–Crippen MR) is 86.7 cm³/mol. The number of hydrogen-bond donors (Lipinski definition) is 1. The quantitative estimate of drug-likeness (QED) is 0.943. The largest absolute Gasteiger partial charge is 0.337 e. The highest BCUT2D eigenvalue weighted by molar-refractivity contribution is 7.11. The van der Waals surface area contributed by atoms with Gasteiger partial charge in [0.15, 0.2) is 0 Å². The summed E-state index contributed by atoms with van der Waals surface area (Å²) in [5.74, 6) is 0.785. The van der Waals surface area contributed by atoms with Crippen molar-refractivity contribution in [3.05, 3.63) is 22.1 Å². The Morgan fingerprint density at radius 2 is 2.19 bits per heavy atom. The van der Waals surface area contributed by atoms with E-state index in [0.717, 1.165) is 35.3 Å². The highest BCUT2D eigenvalue weighted by atomic mass is 32.1. The van der Waals surface area contributed by atoms with Gasteiger partial charge in [0.2, 0.25) is 5.95 Å². The number of aryl methyl sites for hydroxylation is 2. The fourth-order valence-corrected chi connectivity index (χ4v) is 3.72. The number of hydrogen-bond acceptors (Lipinski definition) is 6. The number of anilines is 1. The Bertz CT molecular complexity index is 624. The van der Waals surface area contributed by atoms with Gasteiger partial charge in [-0.25, -0.2) is 15.0 Å². The molecule has 1 saturated heterocycles. The van der Waals surface area contributed by atoms with Crippen LogP contribution in [-0.2, 0) is 0 Å². The molecule has 0 bridgehead atoms. The molecule has 1 aliphatic rings. The SMILES string of the molecule is Cc1nc(-c2ccnc(N3CCCCC3CN)n2)c(C)s1.